The summed E-state index contributed by atoms with van der Waals surface area (Å²) in [5, 5.41) is 3.79. The lowest BCUT2D eigenvalue weighted by Crippen LogP contribution is -2.37. The molecule has 3 rings (SSSR count). The van der Waals surface area contributed by atoms with Crippen LogP contribution in [0.25, 0.3) is 0 Å². The summed E-state index contributed by atoms with van der Waals surface area (Å²) in [6.07, 6.45) is 6.56. The van der Waals surface area contributed by atoms with Gasteiger partial charge in [0.05, 0.1) is 7.11 Å². The number of fused-ring (bicyclic) bond motifs is 1. The minimum atomic E-state index is 0.673. The standard InChI is InChI=1S/C17H25NO.2C2H6/c1-3-13-8-15(18-11-12-4-5-12)9-14-6-7-16(19-2)10-17(13)14;2*1-2/h6-7,10,12-13,15,18H,3-5,8-9,11H2,1-2H3;2*1-2H3. The maximum atomic E-state index is 5.37. The van der Waals surface area contributed by atoms with E-state index in [-0.39, 0.29) is 0 Å². The Morgan fingerprint density at radius 2 is 1.83 bits per heavy atom. The summed E-state index contributed by atoms with van der Waals surface area (Å²) >= 11 is 0. The van der Waals surface area contributed by atoms with Crippen LogP contribution in [0.15, 0.2) is 18.2 Å². The molecule has 132 valence electrons. The first-order valence-electron chi connectivity index (χ1n) is 9.70. The average Bonchev–Trinajstić information content (AvgIpc) is 3.46. The highest BCUT2D eigenvalue weighted by atomic mass is 16.5. The fraction of sp³-hybridized carbons (Fsp3) is 0.714. The molecule has 0 bridgehead atoms. The third-order valence-electron chi connectivity index (χ3n) is 4.71. The van der Waals surface area contributed by atoms with Crippen LogP contribution >= 0.6 is 0 Å². The van der Waals surface area contributed by atoms with Crippen molar-refractivity contribution in [2.24, 2.45) is 5.92 Å². The van der Waals surface area contributed by atoms with Crippen molar-refractivity contribution >= 4 is 0 Å². The van der Waals surface area contributed by atoms with Gasteiger partial charge in [-0.15, -0.1) is 0 Å². The van der Waals surface area contributed by atoms with Gasteiger partial charge in [-0.05, 0) is 73.7 Å². The van der Waals surface area contributed by atoms with Gasteiger partial charge in [-0.25, -0.2) is 0 Å². The minimum Gasteiger partial charge on any atom is -0.497 e. The van der Waals surface area contributed by atoms with Crippen LogP contribution in [0.3, 0.4) is 0 Å². The number of hydrogen-bond acceptors (Lipinski definition) is 2. The van der Waals surface area contributed by atoms with E-state index in [0.717, 1.165) is 11.7 Å². The summed E-state index contributed by atoms with van der Waals surface area (Å²) in [5.41, 5.74) is 3.04. The van der Waals surface area contributed by atoms with Gasteiger partial charge in [0, 0.05) is 6.04 Å². The van der Waals surface area contributed by atoms with Crippen molar-refractivity contribution in [3.8, 4) is 5.75 Å². The van der Waals surface area contributed by atoms with Crippen molar-refractivity contribution < 1.29 is 4.74 Å². The van der Waals surface area contributed by atoms with Crippen LogP contribution in [0, 0.1) is 5.92 Å². The van der Waals surface area contributed by atoms with E-state index in [1.165, 1.54) is 49.8 Å². The molecule has 2 nitrogen and oxygen atoms in total. The first-order chi connectivity index (χ1) is 11.3. The Morgan fingerprint density at radius 3 is 2.39 bits per heavy atom. The Labute approximate surface area is 144 Å². The van der Waals surface area contributed by atoms with Gasteiger partial charge >= 0.3 is 0 Å². The first-order valence-corrected chi connectivity index (χ1v) is 9.70. The molecule has 1 fully saturated rings. The molecule has 2 unspecified atom stereocenters. The van der Waals surface area contributed by atoms with Crippen LogP contribution < -0.4 is 10.1 Å². The maximum Gasteiger partial charge on any atom is 0.119 e. The molecule has 0 radical (unpaired) electrons. The molecule has 2 aliphatic carbocycles. The van der Waals surface area contributed by atoms with Crippen LogP contribution in [-0.4, -0.2) is 19.7 Å². The van der Waals surface area contributed by atoms with E-state index in [9.17, 15) is 0 Å². The smallest absolute Gasteiger partial charge is 0.119 e. The van der Waals surface area contributed by atoms with Gasteiger partial charge < -0.3 is 10.1 Å². The molecule has 0 spiro atoms. The molecule has 0 aliphatic heterocycles. The third kappa shape index (κ3) is 5.84. The normalized spacial score (nSPS) is 22.0. The zero-order valence-electron chi connectivity index (χ0n) is 16.1. The Morgan fingerprint density at radius 1 is 1.13 bits per heavy atom. The van der Waals surface area contributed by atoms with Gasteiger partial charge in [0.1, 0.15) is 5.75 Å². The predicted octanol–water partition coefficient (Wildman–Crippen LogP) is 5.56. The molecule has 23 heavy (non-hydrogen) atoms. The van der Waals surface area contributed by atoms with E-state index in [0.29, 0.717) is 12.0 Å². The summed E-state index contributed by atoms with van der Waals surface area (Å²) in [6, 6.07) is 7.29. The quantitative estimate of drug-likeness (QED) is 0.767. The lowest BCUT2D eigenvalue weighted by molar-refractivity contribution is 0.391. The van der Waals surface area contributed by atoms with Gasteiger partial charge in [-0.2, -0.15) is 0 Å². The van der Waals surface area contributed by atoms with Crippen molar-refractivity contribution in [1.29, 1.82) is 0 Å². The van der Waals surface area contributed by atoms with Crippen LogP contribution in [-0.2, 0) is 6.42 Å². The van der Waals surface area contributed by atoms with E-state index < -0.39 is 0 Å². The van der Waals surface area contributed by atoms with Crippen molar-refractivity contribution in [3.05, 3.63) is 29.3 Å². The van der Waals surface area contributed by atoms with Crippen molar-refractivity contribution in [3.63, 3.8) is 0 Å². The maximum absolute atomic E-state index is 5.37. The van der Waals surface area contributed by atoms with E-state index >= 15 is 0 Å². The summed E-state index contributed by atoms with van der Waals surface area (Å²) in [7, 11) is 1.76. The van der Waals surface area contributed by atoms with Crippen LogP contribution in [0.2, 0.25) is 0 Å². The van der Waals surface area contributed by atoms with Gasteiger partial charge in [0.15, 0.2) is 0 Å². The molecule has 2 heteroatoms. The summed E-state index contributed by atoms with van der Waals surface area (Å²) in [5.74, 6) is 2.66. The molecule has 1 aromatic carbocycles. The molecule has 0 heterocycles. The van der Waals surface area contributed by atoms with E-state index in [4.69, 9.17) is 4.74 Å². The summed E-state index contributed by atoms with van der Waals surface area (Å²) in [6.45, 7) is 11.5. The van der Waals surface area contributed by atoms with Crippen LogP contribution in [0.1, 0.15) is 77.3 Å². The van der Waals surface area contributed by atoms with Crippen molar-refractivity contribution in [1.82, 2.24) is 5.32 Å². The zero-order chi connectivity index (χ0) is 17.2. The molecule has 0 aromatic heterocycles. The minimum absolute atomic E-state index is 0.673. The molecular formula is C21H37NO. The topological polar surface area (TPSA) is 21.3 Å². The fourth-order valence-electron chi connectivity index (χ4n) is 3.28. The Bertz CT molecular complexity index is 439. The van der Waals surface area contributed by atoms with Crippen molar-refractivity contribution in [2.75, 3.05) is 13.7 Å². The Hall–Kier alpha value is -1.02. The highest BCUT2D eigenvalue weighted by Crippen LogP contribution is 2.36. The molecule has 1 aromatic rings. The van der Waals surface area contributed by atoms with Crippen LogP contribution in [0.4, 0.5) is 0 Å². The highest BCUT2D eigenvalue weighted by Gasteiger charge is 2.28. The molecule has 0 saturated heterocycles. The fourth-order valence-corrected chi connectivity index (χ4v) is 3.28. The number of rotatable bonds is 5. The van der Waals surface area contributed by atoms with Gasteiger partial charge in [-0.3, -0.25) is 0 Å². The summed E-state index contributed by atoms with van der Waals surface area (Å²) in [4.78, 5) is 0. The molecular weight excluding hydrogens is 282 g/mol. The third-order valence-corrected chi connectivity index (χ3v) is 4.71. The number of nitrogens with one attached hydrogen (secondary N) is 1. The predicted molar refractivity (Wildman–Crippen MR) is 102 cm³/mol. The average molecular weight is 320 g/mol. The number of benzene rings is 1. The number of ether oxygens (including phenoxy) is 1. The second-order valence-corrected chi connectivity index (χ2v) is 6.16. The second-order valence-electron chi connectivity index (χ2n) is 6.16. The molecule has 0 amide bonds. The van der Waals surface area contributed by atoms with Crippen LogP contribution in [0.5, 0.6) is 5.75 Å². The monoisotopic (exact) mass is 319 g/mol. The lowest BCUT2D eigenvalue weighted by Gasteiger charge is -2.32. The second kappa shape index (κ2) is 10.7. The lowest BCUT2D eigenvalue weighted by atomic mass is 9.78. The van der Waals surface area contributed by atoms with E-state index in [2.05, 4.69) is 30.4 Å². The SMILES string of the molecule is CC.CC.CCC1CC(NCC2CC2)Cc2ccc(OC)cc21. The molecule has 2 atom stereocenters. The van der Waals surface area contributed by atoms with E-state index in [1.807, 2.05) is 27.7 Å². The molecule has 1 N–H and O–H groups in total. The van der Waals surface area contributed by atoms with Gasteiger partial charge in [-0.1, -0.05) is 40.7 Å². The van der Waals surface area contributed by atoms with E-state index in [1.54, 1.807) is 7.11 Å². The molecule has 1 saturated carbocycles. The zero-order valence-corrected chi connectivity index (χ0v) is 16.1. The summed E-state index contributed by atoms with van der Waals surface area (Å²) < 4.78 is 5.37. The van der Waals surface area contributed by atoms with Crippen molar-refractivity contribution in [2.45, 2.75) is 78.7 Å². The Balaban J connectivity index is 0.000000615. The van der Waals surface area contributed by atoms with Gasteiger partial charge in [0.25, 0.3) is 0 Å². The Kier molecular flexibility index (Phi) is 9.31. The highest BCUT2D eigenvalue weighted by molar-refractivity contribution is 5.40. The number of hydrogen-bond donors (Lipinski definition) is 1. The number of methoxy groups -OCH3 is 1. The first kappa shape index (κ1) is 20.0. The largest absolute Gasteiger partial charge is 0.497 e. The van der Waals surface area contributed by atoms with Gasteiger partial charge in [0.2, 0.25) is 0 Å². The molecule has 2 aliphatic rings.